The van der Waals surface area contributed by atoms with Gasteiger partial charge in [0.1, 0.15) is 0 Å². The zero-order chi connectivity index (χ0) is 16.1. The minimum absolute atomic E-state index is 0.160. The summed E-state index contributed by atoms with van der Waals surface area (Å²) < 4.78 is 10.2. The van der Waals surface area contributed by atoms with E-state index >= 15 is 0 Å². The molecule has 0 radical (unpaired) electrons. The summed E-state index contributed by atoms with van der Waals surface area (Å²) in [5, 5.41) is 0. The third-order valence-corrected chi connectivity index (χ3v) is 3.16. The zero-order valence-electron chi connectivity index (χ0n) is 14.2. The summed E-state index contributed by atoms with van der Waals surface area (Å²) in [6.45, 7) is 9.51. The van der Waals surface area contributed by atoms with Crippen LogP contribution in [0.4, 0.5) is 0 Å². The molecule has 0 saturated carbocycles. The molecule has 0 aliphatic carbocycles. The molecule has 0 rings (SSSR count). The second kappa shape index (κ2) is 12.7. The van der Waals surface area contributed by atoms with Gasteiger partial charge in [0, 0.05) is 12.8 Å². The van der Waals surface area contributed by atoms with Crippen LogP contribution in [0.25, 0.3) is 0 Å². The van der Waals surface area contributed by atoms with Crippen LogP contribution in [0.15, 0.2) is 0 Å². The van der Waals surface area contributed by atoms with E-state index in [-0.39, 0.29) is 11.9 Å². The Hall–Kier alpha value is -1.06. The molecule has 0 saturated heterocycles. The van der Waals surface area contributed by atoms with Gasteiger partial charge in [0.2, 0.25) is 0 Å². The van der Waals surface area contributed by atoms with Crippen molar-refractivity contribution in [3.8, 4) is 0 Å². The summed E-state index contributed by atoms with van der Waals surface area (Å²) in [6.07, 6.45) is 5.04. The predicted octanol–water partition coefficient (Wildman–Crippen LogP) is 4.12. The number of ether oxygens (including phenoxy) is 2. The van der Waals surface area contributed by atoms with Gasteiger partial charge in [-0.05, 0) is 43.9 Å². The molecule has 4 heteroatoms. The Bertz CT molecular complexity index is 285. The van der Waals surface area contributed by atoms with Gasteiger partial charge in [-0.2, -0.15) is 0 Å². The number of carbonyl (C=O) groups excluding carboxylic acids is 2. The van der Waals surface area contributed by atoms with Crippen molar-refractivity contribution in [2.75, 3.05) is 13.2 Å². The largest absolute Gasteiger partial charge is 0.466 e. The molecule has 0 atom stereocenters. The van der Waals surface area contributed by atoms with E-state index in [1.807, 2.05) is 0 Å². The molecule has 0 amide bonds. The molecule has 0 aromatic rings. The molecule has 4 nitrogen and oxygen atoms in total. The fourth-order valence-electron chi connectivity index (χ4n) is 1.77. The summed E-state index contributed by atoms with van der Waals surface area (Å²) in [5.41, 5.74) is 0. The number of unbranched alkanes of at least 4 members (excludes halogenated alkanes) is 1. The number of carbonyl (C=O) groups is 2. The Labute approximate surface area is 129 Å². The van der Waals surface area contributed by atoms with E-state index in [2.05, 4.69) is 27.7 Å². The van der Waals surface area contributed by atoms with Crippen molar-refractivity contribution in [1.29, 1.82) is 0 Å². The van der Waals surface area contributed by atoms with Crippen molar-refractivity contribution in [2.45, 2.75) is 72.6 Å². The number of rotatable bonds is 12. The zero-order valence-corrected chi connectivity index (χ0v) is 14.2. The topological polar surface area (TPSA) is 52.6 Å². The third kappa shape index (κ3) is 15.2. The fraction of sp³-hybridized carbons (Fsp3) is 0.882. The third-order valence-electron chi connectivity index (χ3n) is 3.16. The van der Waals surface area contributed by atoms with E-state index < -0.39 is 0 Å². The Balaban J connectivity index is 3.40. The molecule has 0 aromatic heterocycles. The first-order valence-corrected chi connectivity index (χ1v) is 8.23. The Morgan fingerprint density at radius 3 is 1.67 bits per heavy atom. The van der Waals surface area contributed by atoms with E-state index in [9.17, 15) is 9.59 Å². The summed E-state index contributed by atoms with van der Waals surface area (Å²) in [6, 6.07) is 0. The molecule has 21 heavy (non-hydrogen) atoms. The van der Waals surface area contributed by atoms with Crippen LogP contribution in [-0.4, -0.2) is 25.2 Å². The second-order valence-electron chi connectivity index (χ2n) is 6.37. The van der Waals surface area contributed by atoms with Gasteiger partial charge in [0.15, 0.2) is 0 Å². The lowest BCUT2D eigenvalue weighted by atomic mass is 10.1. The predicted molar refractivity (Wildman–Crippen MR) is 83.9 cm³/mol. The van der Waals surface area contributed by atoms with Crippen LogP contribution in [0.3, 0.4) is 0 Å². The van der Waals surface area contributed by atoms with E-state index in [1.165, 1.54) is 0 Å². The lowest BCUT2D eigenvalue weighted by Crippen LogP contribution is -2.09. The van der Waals surface area contributed by atoms with Gasteiger partial charge in [-0.3, -0.25) is 9.59 Å². The van der Waals surface area contributed by atoms with Crippen LogP contribution >= 0.6 is 0 Å². The highest BCUT2D eigenvalue weighted by atomic mass is 16.5. The quantitative estimate of drug-likeness (QED) is 0.402. The van der Waals surface area contributed by atoms with Crippen molar-refractivity contribution >= 4 is 11.9 Å². The summed E-state index contributed by atoms with van der Waals surface area (Å²) in [7, 11) is 0. The van der Waals surface area contributed by atoms with Gasteiger partial charge >= 0.3 is 11.9 Å². The van der Waals surface area contributed by atoms with Crippen molar-refractivity contribution in [1.82, 2.24) is 0 Å². The van der Waals surface area contributed by atoms with Crippen molar-refractivity contribution in [3.05, 3.63) is 0 Å². The SMILES string of the molecule is CC(C)CCCOC(=O)CCCCC(=O)OCCC(C)C. The summed E-state index contributed by atoms with van der Waals surface area (Å²) in [5.74, 6) is 0.863. The molecule has 0 aliphatic heterocycles. The average molecular weight is 300 g/mol. The molecular formula is C17H32O4. The molecule has 0 aliphatic rings. The normalized spacial score (nSPS) is 11.0. The van der Waals surface area contributed by atoms with Crippen LogP contribution in [0.1, 0.15) is 72.6 Å². The van der Waals surface area contributed by atoms with E-state index in [4.69, 9.17) is 9.47 Å². The maximum atomic E-state index is 11.4. The number of hydrogen-bond donors (Lipinski definition) is 0. The Morgan fingerprint density at radius 1 is 0.714 bits per heavy atom. The first kappa shape index (κ1) is 19.9. The van der Waals surface area contributed by atoms with E-state index in [0.717, 1.165) is 19.3 Å². The van der Waals surface area contributed by atoms with Crippen molar-refractivity contribution < 1.29 is 19.1 Å². The molecule has 0 heterocycles. The number of esters is 2. The fourth-order valence-corrected chi connectivity index (χ4v) is 1.77. The van der Waals surface area contributed by atoms with Crippen molar-refractivity contribution in [2.24, 2.45) is 11.8 Å². The molecule has 0 spiro atoms. The van der Waals surface area contributed by atoms with Crippen LogP contribution in [0.2, 0.25) is 0 Å². The van der Waals surface area contributed by atoms with Crippen molar-refractivity contribution in [3.63, 3.8) is 0 Å². The van der Waals surface area contributed by atoms with Crippen LogP contribution < -0.4 is 0 Å². The van der Waals surface area contributed by atoms with Gasteiger partial charge in [-0.15, -0.1) is 0 Å². The second-order valence-corrected chi connectivity index (χ2v) is 6.37. The lowest BCUT2D eigenvalue weighted by molar-refractivity contribution is -0.146. The minimum atomic E-state index is -0.166. The number of hydrogen-bond acceptors (Lipinski definition) is 4. The maximum Gasteiger partial charge on any atom is 0.305 e. The molecular weight excluding hydrogens is 268 g/mol. The highest BCUT2D eigenvalue weighted by molar-refractivity contribution is 5.70. The molecule has 0 fully saturated rings. The molecule has 124 valence electrons. The first-order valence-electron chi connectivity index (χ1n) is 8.23. The summed E-state index contributed by atoms with van der Waals surface area (Å²) >= 11 is 0. The van der Waals surface area contributed by atoms with Gasteiger partial charge < -0.3 is 9.47 Å². The smallest absolute Gasteiger partial charge is 0.305 e. The van der Waals surface area contributed by atoms with Crippen LogP contribution in [0, 0.1) is 11.8 Å². The monoisotopic (exact) mass is 300 g/mol. The van der Waals surface area contributed by atoms with Gasteiger partial charge in [0.05, 0.1) is 13.2 Å². The Kier molecular flexibility index (Phi) is 12.0. The highest BCUT2D eigenvalue weighted by Gasteiger charge is 2.06. The standard InChI is InChI=1S/C17H32O4/c1-14(2)8-7-12-20-16(18)9-5-6-10-17(19)21-13-11-15(3)4/h14-15H,5-13H2,1-4H3. The van der Waals surface area contributed by atoms with E-state index in [1.54, 1.807) is 0 Å². The molecule has 0 bridgehead atoms. The van der Waals surface area contributed by atoms with Crippen LogP contribution in [0.5, 0.6) is 0 Å². The molecule has 0 N–H and O–H groups in total. The van der Waals surface area contributed by atoms with Crippen LogP contribution in [-0.2, 0) is 19.1 Å². The maximum absolute atomic E-state index is 11.4. The van der Waals surface area contributed by atoms with Gasteiger partial charge in [-0.1, -0.05) is 27.7 Å². The Morgan fingerprint density at radius 2 is 1.19 bits per heavy atom. The minimum Gasteiger partial charge on any atom is -0.466 e. The highest BCUT2D eigenvalue weighted by Crippen LogP contribution is 2.06. The van der Waals surface area contributed by atoms with E-state index in [0.29, 0.717) is 50.7 Å². The first-order chi connectivity index (χ1) is 9.91. The average Bonchev–Trinajstić information content (AvgIpc) is 2.39. The molecule has 0 aromatic carbocycles. The van der Waals surface area contributed by atoms with Gasteiger partial charge in [-0.25, -0.2) is 0 Å². The van der Waals surface area contributed by atoms with Gasteiger partial charge in [0.25, 0.3) is 0 Å². The molecule has 0 unspecified atom stereocenters. The summed E-state index contributed by atoms with van der Waals surface area (Å²) in [4.78, 5) is 22.8. The lowest BCUT2D eigenvalue weighted by Gasteiger charge is -2.07.